The van der Waals surface area contributed by atoms with Crippen molar-refractivity contribution < 1.29 is 9.53 Å². The monoisotopic (exact) mass is 245 g/mol. The Morgan fingerprint density at radius 1 is 1.44 bits per heavy atom. The molecule has 7 nitrogen and oxygen atoms in total. The van der Waals surface area contributed by atoms with Crippen LogP contribution in [0.15, 0.2) is 24.3 Å². The first kappa shape index (κ1) is 10.8. The molecule has 1 amide bonds. The molecule has 1 fully saturated rings. The van der Waals surface area contributed by atoms with Gasteiger partial charge in [0.2, 0.25) is 5.82 Å². The van der Waals surface area contributed by atoms with Crippen LogP contribution in [0.2, 0.25) is 0 Å². The number of ether oxygens (including phenoxy) is 1. The topological polar surface area (TPSA) is 92.8 Å². The zero-order valence-corrected chi connectivity index (χ0v) is 9.46. The quantitative estimate of drug-likeness (QED) is 0.793. The van der Waals surface area contributed by atoms with E-state index in [9.17, 15) is 4.79 Å². The lowest BCUT2D eigenvalue weighted by Crippen LogP contribution is -2.48. The number of nitrogens with one attached hydrogen (secondary N) is 2. The van der Waals surface area contributed by atoms with Gasteiger partial charge in [-0.25, -0.2) is 0 Å². The van der Waals surface area contributed by atoms with Gasteiger partial charge in [0.05, 0.1) is 19.3 Å². The number of aromatic amines is 1. The number of hydrogen-bond acceptors (Lipinski definition) is 5. The largest absolute Gasteiger partial charge is 0.377 e. The van der Waals surface area contributed by atoms with Gasteiger partial charge in [0.25, 0.3) is 5.91 Å². The highest BCUT2D eigenvalue weighted by Crippen LogP contribution is 2.15. The number of aromatic nitrogens is 4. The predicted octanol–water partition coefficient (Wildman–Crippen LogP) is -0.00470. The third-order valence-corrected chi connectivity index (χ3v) is 2.70. The fourth-order valence-electron chi connectivity index (χ4n) is 1.67. The van der Waals surface area contributed by atoms with Gasteiger partial charge in [0.15, 0.2) is 0 Å². The second kappa shape index (κ2) is 4.53. The lowest BCUT2D eigenvalue weighted by atomic mass is 10.1. The molecule has 0 unspecified atom stereocenters. The van der Waals surface area contributed by atoms with Gasteiger partial charge in [0.1, 0.15) is 0 Å². The number of amides is 1. The number of rotatable bonds is 3. The first-order valence-corrected chi connectivity index (χ1v) is 5.55. The maximum Gasteiger partial charge on any atom is 0.251 e. The molecule has 0 spiro atoms. The number of carbonyl (C=O) groups excluding carboxylic acids is 1. The summed E-state index contributed by atoms with van der Waals surface area (Å²) in [5.74, 6) is 0.352. The van der Waals surface area contributed by atoms with E-state index >= 15 is 0 Å². The van der Waals surface area contributed by atoms with E-state index in [1.54, 1.807) is 18.2 Å². The molecule has 0 saturated carbocycles. The van der Waals surface area contributed by atoms with Crippen molar-refractivity contribution in [2.75, 3.05) is 13.2 Å². The summed E-state index contributed by atoms with van der Waals surface area (Å²) in [6, 6.07) is 7.22. The molecule has 0 bridgehead atoms. The Labute approximate surface area is 103 Å². The van der Waals surface area contributed by atoms with E-state index < -0.39 is 0 Å². The molecule has 92 valence electrons. The van der Waals surface area contributed by atoms with E-state index in [-0.39, 0.29) is 11.9 Å². The summed E-state index contributed by atoms with van der Waals surface area (Å²) < 4.78 is 5.01. The number of carbonyl (C=O) groups is 1. The Hall–Kier alpha value is -2.28. The van der Waals surface area contributed by atoms with Crippen molar-refractivity contribution >= 4 is 5.91 Å². The Kier molecular flexibility index (Phi) is 2.73. The molecule has 0 aliphatic carbocycles. The second-order valence-electron chi connectivity index (χ2n) is 4.02. The van der Waals surface area contributed by atoms with Crippen LogP contribution in [0, 0.1) is 0 Å². The average molecular weight is 245 g/mol. The number of H-pyrrole nitrogens is 1. The van der Waals surface area contributed by atoms with E-state index in [0.29, 0.717) is 24.6 Å². The molecule has 18 heavy (non-hydrogen) atoms. The fourth-order valence-corrected chi connectivity index (χ4v) is 1.67. The van der Waals surface area contributed by atoms with Crippen LogP contribution in [0.5, 0.6) is 0 Å². The van der Waals surface area contributed by atoms with Gasteiger partial charge < -0.3 is 10.1 Å². The van der Waals surface area contributed by atoms with E-state index in [1.165, 1.54) is 0 Å². The van der Waals surface area contributed by atoms with Gasteiger partial charge in [-0.15, -0.1) is 10.2 Å². The lowest BCUT2D eigenvalue weighted by molar-refractivity contribution is -0.00346. The SMILES string of the molecule is O=C(NC1COC1)c1cccc(-c2nn[nH]n2)c1. The lowest BCUT2D eigenvalue weighted by Gasteiger charge is -2.26. The third-order valence-electron chi connectivity index (χ3n) is 2.70. The molecule has 0 atom stereocenters. The van der Waals surface area contributed by atoms with Crippen molar-refractivity contribution in [3.63, 3.8) is 0 Å². The van der Waals surface area contributed by atoms with Crippen LogP contribution >= 0.6 is 0 Å². The van der Waals surface area contributed by atoms with Crippen LogP contribution in [-0.2, 0) is 4.74 Å². The van der Waals surface area contributed by atoms with Gasteiger partial charge in [-0.3, -0.25) is 4.79 Å². The van der Waals surface area contributed by atoms with E-state index in [0.717, 1.165) is 5.56 Å². The van der Waals surface area contributed by atoms with E-state index in [1.807, 2.05) is 6.07 Å². The van der Waals surface area contributed by atoms with Crippen LogP contribution in [0.3, 0.4) is 0 Å². The summed E-state index contributed by atoms with van der Waals surface area (Å²) >= 11 is 0. The van der Waals surface area contributed by atoms with Gasteiger partial charge in [-0.05, 0) is 17.3 Å². The molecule has 1 saturated heterocycles. The molecule has 1 aliphatic heterocycles. The minimum Gasteiger partial charge on any atom is -0.377 e. The molecule has 0 radical (unpaired) electrons. The molecule has 3 rings (SSSR count). The summed E-state index contributed by atoms with van der Waals surface area (Å²) in [4.78, 5) is 11.9. The van der Waals surface area contributed by atoms with Gasteiger partial charge in [0, 0.05) is 11.1 Å². The van der Waals surface area contributed by atoms with Crippen molar-refractivity contribution in [1.29, 1.82) is 0 Å². The fraction of sp³-hybridized carbons (Fsp3) is 0.273. The molecule has 1 aromatic carbocycles. The molecule has 1 aliphatic rings. The maximum absolute atomic E-state index is 11.9. The Balaban J connectivity index is 1.79. The zero-order valence-electron chi connectivity index (χ0n) is 9.46. The minimum atomic E-state index is -0.117. The minimum absolute atomic E-state index is 0.117. The Morgan fingerprint density at radius 2 is 2.33 bits per heavy atom. The Bertz CT molecular complexity index is 550. The van der Waals surface area contributed by atoms with Gasteiger partial charge >= 0.3 is 0 Å². The smallest absolute Gasteiger partial charge is 0.251 e. The third kappa shape index (κ3) is 2.07. The van der Waals surface area contributed by atoms with Crippen LogP contribution in [-0.4, -0.2) is 45.8 Å². The number of benzene rings is 1. The first-order valence-electron chi connectivity index (χ1n) is 5.55. The molecule has 2 aromatic rings. The van der Waals surface area contributed by atoms with Crippen LogP contribution in [0.25, 0.3) is 11.4 Å². The van der Waals surface area contributed by atoms with Crippen molar-refractivity contribution in [3.05, 3.63) is 29.8 Å². The summed E-state index contributed by atoms with van der Waals surface area (Å²) in [7, 11) is 0. The highest BCUT2D eigenvalue weighted by Gasteiger charge is 2.21. The standard InChI is InChI=1S/C11H11N5O2/c17-11(12-9-5-18-6-9)8-3-1-2-7(4-8)10-13-15-16-14-10/h1-4,9H,5-6H2,(H,12,17)(H,13,14,15,16). The van der Waals surface area contributed by atoms with Gasteiger partial charge in [-0.1, -0.05) is 12.1 Å². The van der Waals surface area contributed by atoms with Crippen molar-refractivity contribution in [1.82, 2.24) is 25.9 Å². The van der Waals surface area contributed by atoms with Crippen LogP contribution in [0.4, 0.5) is 0 Å². The number of hydrogen-bond donors (Lipinski definition) is 2. The van der Waals surface area contributed by atoms with Crippen molar-refractivity contribution in [3.8, 4) is 11.4 Å². The van der Waals surface area contributed by atoms with Crippen molar-refractivity contribution in [2.24, 2.45) is 0 Å². The summed E-state index contributed by atoms with van der Waals surface area (Å²) in [5.41, 5.74) is 1.32. The average Bonchev–Trinajstić information content (AvgIpc) is 2.87. The normalized spacial score (nSPS) is 15.1. The van der Waals surface area contributed by atoms with Crippen LogP contribution in [0.1, 0.15) is 10.4 Å². The first-order chi connectivity index (χ1) is 8.83. The predicted molar refractivity (Wildman–Crippen MR) is 61.7 cm³/mol. The summed E-state index contributed by atoms with van der Waals surface area (Å²) in [6.45, 7) is 1.16. The maximum atomic E-state index is 11.9. The second-order valence-corrected chi connectivity index (χ2v) is 4.02. The highest BCUT2D eigenvalue weighted by atomic mass is 16.5. The molecule has 2 N–H and O–H groups in total. The van der Waals surface area contributed by atoms with Crippen molar-refractivity contribution in [2.45, 2.75) is 6.04 Å². The van der Waals surface area contributed by atoms with Gasteiger partial charge in [-0.2, -0.15) is 5.21 Å². The number of nitrogens with zero attached hydrogens (tertiary/aromatic N) is 3. The van der Waals surface area contributed by atoms with E-state index in [4.69, 9.17) is 4.74 Å². The molecule has 2 heterocycles. The summed E-state index contributed by atoms with van der Waals surface area (Å²) in [6.07, 6.45) is 0. The molecular weight excluding hydrogens is 234 g/mol. The molecule has 7 heteroatoms. The van der Waals surface area contributed by atoms with E-state index in [2.05, 4.69) is 25.9 Å². The summed E-state index contributed by atoms with van der Waals surface area (Å²) in [5, 5.41) is 16.5. The number of tetrazole rings is 1. The Morgan fingerprint density at radius 3 is 3.00 bits per heavy atom. The highest BCUT2D eigenvalue weighted by molar-refractivity contribution is 5.95. The van der Waals surface area contributed by atoms with Crippen LogP contribution < -0.4 is 5.32 Å². The molecular formula is C11H11N5O2. The molecule has 1 aromatic heterocycles. The zero-order chi connectivity index (χ0) is 12.4.